The quantitative estimate of drug-likeness (QED) is 0.428. The Bertz CT molecular complexity index is 384. The SMILES string of the molecule is O=C(O)/C(=C\OC1CN(C(=O)C2CCNC2)C1)CO. The van der Waals surface area contributed by atoms with Crippen molar-refractivity contribution < 1.29 is 24.5 Å². The number of carboxylic acid groups (broad SMARTS) is 1. The molecule has 0 bridgehead atoms. The molecule has 2 aliphatic heterocycles. The van der Waals surface area contributed by atoms with Crippen molar-refractivity contribution in [1.29, 1.82) is 0 Å². The molecule has 0 aromatic carbocycles. The first-order chi connectivity index (χ1) is 9.11. The molecular weight excluding hydrogens is 252 g/mol. The van der Waals surface area contributed by atoms with E-state index in [1.54, 1.807) is 4.90 Å². The molecule has 0 spiro atoms. The smallest absolute Gasteiger partial charge is 0.337 e. The molecule has 106 valence electrons. The number of ether oxygens (including phenoxy) is 1. The van der Waals surface area contributed by atoms with Gasteiger partial charge in [0.1, 0.15) is 6.10 Å². The number of aliphatic hydroxyl groups is 1. The Hall–Kier alpha value is -1.60. The third-order valence-electron chi connectivity index (χ3n) is 3.42. The fourth-order valence-corrected chi connectivity index (χ4v) is 2.16. The maximum atomic E-state index is 12.0. The lowest BCUT2D eigenvalue weighted by Gasteiger charge is -2.39. The summed E-state index contributed by atoms with van der Waals surface area (Å²) in [5, 5.41) is 20.6. The molecule has 0 aliphatic carbocycles. The van der Waals surface area contributed by atoms with E-state index in [4.69, 9.17) is 14.9 Å². The lowest BCUT2D eigenvalue weighted by Crippen LogP contribution is -2.56. The summed E-state index contributed by atoms with van der Waals surface area (Å²) < 4.78 is 5.22. The Morgan fingerprint density at radius 3 is 2.68 bits per heavy atom. The van der Waals surface area contributed by atoms with Gasteiger partial charge in [-0.1, -0.05) is 0 Å². The van der Waals surface area contributed by atoms with E-state index in [1.165, 1.54) is 0 Å². The van der Waals surface area contributed by atoms with Crippen molar-refractivity contribution in [3.63, 3.8) is 0 Å². The minimum Gasteiger partial charge on any atom is -0.494 e. The lowest BCUT2D eigenvalue weighted by atomic mass is 10.0. The van der Waals surface area contributed by atoms with Gasteiger partial charge >= 0.3 is 5.97 Å². The number of carbonyl (C=O) groups is 2. The van der Waals surface area contributed by atoms with Crippen LogP contribution in [-0.2, 0) is 14.3 Å². The molecule has 0 aromatic heterocycles. The topological polar surface area (TPSA) is 99.1 Å². The molecule has 0 radical (unpaired) electrons. The van der Waals surface area contributed by atoms with Crippen LogP contribution in [0.1, 0.15) is 6.42 Å². The minimum atomic E-state index is -1.20. The highest BCUT2D eigenvalue weighted by atomic mass is 16.5. The molecule has 2 fully saturated rings. The van der Waals surface area contributed by atoms with Gasteiger partial charge in [-0.3, -0.25) is 4.79 Å². The average Bonchev–Trinajstić information content (AvgIpc) is 2.84. The lowest BCUT2D eigenvalue weighted by molar-refractivity contribution is -0.145. The summed E-state index contributed by atoms with van der Waals surface area (Å²) in [5.41, 5.74) is -0.190. The molecule has 1 amide bonds. The minimum absolute atomic E-state index is 0.0588. The molecular formula is C12H18N2O5. The molecule has 0 aromatic rings. The summed E-state index contributed by atoms with van der Waals surface area (Å²) in [6.07, 6.45) is 1.75. The second-order valence-electron chi connectivity index (χ2n) is 4.80. The zero-order valence-electron chi connectivity index (χ0n) is 10.5. The summed E-state index contributed by atoms with van der Waals surface area (Å²) in [6, 6.07) is 0. The molecule has 7 heteroatoms. The van der Waals surface area contributed by atoms with E-state index >= 15 is 0 Å². The Balaban J connectivity index is 1.74. The van der Waals surface area contributed by atoms with Crippen LogP contribution in [0.15, 0.2) is 11.8 Å². The number of aliphatic hydroxyl groups excluding tert-OH is 1. The number of aliphatic carboxylic acids is 1. The first-order valence-corrected chi connectivity index (χ1v) is 6.30. The zero-order chi connectivity index (χ0) is 13.8. The van der Waals surface area contributed by atoms with Gasteiger partial charge in [-0.2, -0.15) is 0 Å². The van der Waals surface area contributed by atoms with Crippen LogP contribution in [0.25, 0.3) is 0 Å². The molecule has 1 atom stereocenters. The van der Waals surface area contributed by atoms with Gasteiger partial charge in [0.25, 0.3) is 0 Å². The Kier molecular flexibility index (Phi) is 4.39. The van der Waals surface area contributed by atoms with E-state index in [-0.39, 0.29) is 23.5 Å². The van der Waals surface area contributed by atoms with Gasteiger partial charge in [-0.25, -0.2) is 4.79 Å². The maximum Gasteiger partial charge on any atom is 0.337 e. The maximum absolute atomic E-state index is 12.0. The van der Waals surface area contributed by atoms with Crippen molar-refractivity contribution >= 4 is 11.9 Å². The number of amides is 1. The van der Waals surface area contributed by atoms with E-state index in [1.807, 2.05) is 0 Å². The summed E-state index contributed by atoms with van der Waals surface area (Å²) in [5.74, 6) is -1.01. The van der Waals surface area contributed by atoms with Gasteiger partial charge in [0.05, 0.1) is 37.4 Å². The van der Waals surface area contributed by atoms with Gasteiger partial charge < -0.3 is 25.2 Å². The molecule has 1 unspecified atom stereocenters. The molecule has 3 N–H and O–H groups in total. The second-order valence-corrected chi connectivity index (χ2v) is 4.80. The van der Waals surface area contributed by atoms with E-state index < -0.39 is 12.6 Å². The van der Waals surface area contributed by atoms with E-state index in [0.717, 1.165) is 25.8 Å². The van der Waals surface area contributed by atoms with Crippen molar-refractivity contribution in [3.8, 4) is 0 Å². The van der Waals surface area contributed by atoms with Crippen LogP contribution in [0.4, 0.5) is 0 Å². The van der Waals surface area contributed by atoms with Gasteiger partial charge in [0, 0.05) is 6.54 Å². The first kappa shape index (κ1) is 13.8. The molecule has 19 heavy (non-hydrogen) atoms. The number of nitrogens with one attached hydrogen (secondary N) is 1. The molecule has 2 rings (SSSR count). The number of likely N-dealkylation sites (tertiary alicyclic amines) is 1. The van der Waals surface area contributed by atoms with Crippen LogP contribution in [-0.4, -0.2) is 65.9 Å². The number of hydrogen-bond donors (Lipinski definition) is 3. The molecule has 2 saturated heterocycles. The highest BCUT2D eigenvalue weighted by Gasteiger charge is 2.36. The summed E-state index contributed by atoms with van der Waals surface area (Å²) in [4.78, 5) is 24.3. The van der Waals surface area contributed by atoms with Gasteiger partial charge in [-0.05, 0) is 13.0 Å². The fraction of sp³-hybridized carbons (Fsp3) is 0.667. The monoisotopic (exact) mass is 270 g/mol. The van der Waals surface area contributed by atoms with Crippen LogP contribution in [0, 0.1) is 5.92 Å². The van der Waals surface area contributed by atoms with E-state index in [0.29, 0.717) is 13.1 Å². The first-order valence-electron chi connectivity index (χ1n) is 6.30. The highest BCUT2D eigenvalue weighted by Crippen LogP contribution is 2.19. The molecule has 0 saturated carbocycles. The van der Waals surface area contributed by atoms with Crippen LogP contribution in [0.5, 0.6) is 0 Å². The number of hydrogen-bond acceptors (Lipinski definition) is 5. The van der Waals surface area contributed by atoms with Gasteiger partial charge in [-0.15, -0.1) is 0 Å². The predicted octanol–water partition coefficient (Wildman–Crippen LogP) is -1.22. The summed E-state index contributed by atoms with van der Waals surface area (Å²) in [6.45, 7) is 1.99. The van der Waals surface area contributed by atoms with Crippen LogP contribution in [0.2, 0.25) is 0 Å². The number of carboxylic acids is 1. The van der Waals surface area contributed by atoms with E-state index in [2.05, 4.69) is 5.32 Å². The summed E-state index contributed by atoms with van der Waals surface area (Å²) in [7, 11) is 0. The van der Waals surface area contributed by atoms with Crippen LogP contribution in [0.3, 0.4) is 0 Å². The second kappa shape index (κ2) is 6.03. The Morgan fingerprint density at radius 2 is 2.16 bits per heavy atom. The van der Waals surface area contributed by atoms with Crippen molar-refractivity contribution in [2.24, 2.45) is 5.92 Å². The largest absolute Gasteiger partial charge is 0.494 e. The van der Waals surface area contributed by atoms with E-state index in [9.17, 15) is 9.59 Å². The molecule has 2 heterocycles. The number of carbonyl (C=O) groups excluding carboxylic acids is 1. The Morgan fingerprint density at radius 1 is 1.42 bits per heavy atom. The van der Waals surface area contributed by atoms with Crippen molar-refractivity contribution in [2.45, 2.75) is 12.5 Å². The van der Waals surface area contributed by atoms with Crippen molar-refractivity contribution in [2.75, 3.05) is 32.8 Å². The normalized spacial score (nSPS) is 24.2. The van der Waals surface area contributed by atoms with Gasteiger partial charge in [0.2, 0.25) is 5.91 Å². The number of nitrogens with zero attached hydrogens (tertiary/aromatic N) is 1. The van der Waals surface area contributed by atoms with Gasteiger partial charge in [0.15, 0.2) is 0 Å². The van der Waals surface area contributed by atoms with Crippen LogP contribution >= 0.6 is 0 Å². The third kappa shape index (κ3) is 3.24. The third-order valence-corrected chi connectivity index (χ3v) is 3.42. The van der Waals surface area contributed by atoms with Crippen LogP contribution < -0.4 is 5.32 Å². The van der Waals surface area contributed by atoms with Crippen molar-refractivity contribution in [3.05, 3.63) is 11.8 Å². The molecule has 7 nitrogen and oxygen atoms in total. The van der Waals surface area contributed by atoms with Crippen molar-refractivity contribution in [1.82, 2.24) is 10.2 Å². The number of rotatable bonds is 5. The predicted molar refractivity (Wildman–Crippen MR) is 65.2 cm³/mol. The average molecular weight is 270 g/mol. The molecule has 2 aliphatic rings. The zero-order valence-corrected chi connectivity index (χ0v) is 10.5. The fourth-order valence-electron chi connectivity index (χ4n) is 2.16. The summed E-state index contributed by atoms with van der Waals surface area (Å²) >= 11 is 0. The standard InChI is InChI=1S/C12H18N2O5/c15-6-9(12(17)18)7-19-10-4-14(5-10)11(16)8-1-2-13-3-8/h7-8,10,13,15H,1-6H2,(H,17,18)/b9-7-. The highest BCUT2D eigenvalue weighted by molar-refractivity contribution is 5.86. The Labute approximate surface area is 110 Å².